The minimum Gasteiger partial charge on any atom is -0.389 e. The van der Waals surface area contributed by atoms with Crippen molar-refractivity contribution in [2.75, 3.05) is 13.1 Å². The molecule has 0 bridgehead atoms. The van der Waals surface area contributed by atoms with Crippen LogP contribution in [0.1, 0.15) is 10.4 Å². The first-order chi connectivity index (χ1) is 8.16. The van der Waals surface area contributed by atoms with Crippen molar-refractivity contribution in [2.24, 2.45) is 7.05 Å². The van der Waals surface area contributed by atoms with Crippen molar-refractivity contribution in [3.63, 3.8) is 0 Å². The lowest BCUT2D eigenvalue weighted by atomic mass is 10.1. The van der Waals surface area contributed by atoms with Gasteiger partial charge in [-0.1, -0.05) is 18.2 Å². The molecule has 0 radical (unpaired) electrons. The highest BCUT2D eigenvalue weighted by Gasteiger charge is 2.30. The number of aliphatic hydroxyl groups excluding tert-OH is 1. The van der Waals surface area contributed by atoms with Crippen molar-refractivity contribution < 1.29 is 9.90 Å². The SMILES string of the molecule is Cn1cc(C(=O)N2CC(O)C2)c2ccccc21. The third-order valence-corrected chi connectivity index (χ3v) is 3.28. The van der Waals surface area contributed by atoms with Crippen LogP contribution >= 0.6 is 0 Å². The van der Waals surface area contributed by atoms with E-state index in [1.165, 1.54) is 0 Å². The van der Waals surface area contributed by atoms with E-state index in [1.54, 1.807) is 4.90 Å². The summed E-state index contributed by atoms with van der Waals surface area (Å²) < 4.78 is 1.96. The van der Waals surface area contributed by atoms with Gasteiger partial charge in [0.1, 0.15) is 0 Å². The molecule has 1 aromatic heterocycles. The molecule has 1 amide bonds. The van der Waals surface area contributed by atoms with Gasteiger partial charge in [-0.25, -0.2) is 0 Å². The van der Waals surface area contributed by atoms with Crippen molar-refractivity contribution in [2.45, 2.75) is 6.10 Å². The largest absolute Gasteiger partial charge is 0.389 e. The Kier molecular flexibility index (Phi) is 2.19. The lowest BCUT2D eigenvalue weighted by Gasteiger charge is -2.35. The Morgan fingerprint density at radius 3 is 2.76 bits per heavy atom. The average Bonchev–Trinajstić information content (AvgIpc) is 2.63. The standard InChI is InChI=1S/C13H14N2O2/c1-14-8-11(10-4-2-3-5-12(10)14)13(17)15-6-9(16)7-15/h2-5,8-9,16H,6-7H2,1H3. The Balaban J connectivity index is 2.03. The second kappa shape index (κ2) is 3.60. The van der Waals surface area contributed by atoms with Gasteiger partial charge < -0.3 is 14.6 Å². The second-order valence-electron chi connectivity index (χ2n) is 4.53. The molecular formula is C13H14N2O2. The normalized spacial score (nSPS) is 16.2. The van der Waals surface area contributed by atoms with Crippen LogP contribution in [0.5, 0.6) is 0 Å². The molecule has 0 spiro atoms. The first-order valence-electron chi connectivity index (χ1n) is 5.68. The quantitative estimate of drug-likeness (QED) is 0.794. The van der Waals surface area contributed by atoms with Crippen LogP contribution in [-0.4, -0.2) is 39.7 Å². The highest BCUT2D eigenvalue weighted by Crippen LogP contribution is 2.23. The van der Waals surface area contributed by atoms with Crippen molar-refractivity contribution in [3.05, 3.63) is 36.0 Å². The molecule has 0 aliphatic carbocycles. The smallest absolute Gasteiger partial charge is 0.256 e. The second-order valence-corrected chi connectivity index (χ2v) is 4.53. The number of para-hydroxylation sites is 1. The van der Waals surface area contributed by atoms with Crippen LogP contribution in [-0.2, 0) is 7.05 Å². The van der Waals surface area contributed by atoms with Crippen molar-refractivity contribution in [3.8, 4) is 0 Å². The summed E-state index contributed by atoms with van der Waals surface area (Å²) in [5.41, 5.74) is 1.77. The molecule has 1 N–H and O–H groups in total. The molecule has 0 atom stereocenters. The molecule has 0 unspecified atom stereocenters. The Hall–Kier alpha value is -1.81. The van der Waals surface area contributed by atoms with Crippen LogP contribution in [0.3, 0.4) is 0 Å². The molecule has 3 rings (SSSR count). The molecule has 1 aliphatic heterocycles. The van der Waals surface area contributed by atoms with Gasteiger partial charge in [0.05, 0.1) is 11.7 Å². The van der Waals surface area contributed by atoms with Crippen LogP contribution in [0.4, 0.5) is 0 Å². The monoisotopic (exact) mass is 230 g/mol. The van der Waals surface area contributed by atoms with Crippen molar-refractivity contribution in [1.29, 1.82) is 0 Å². The summed E-state index contributed by atoms with van der Waals surface area (Å²) in [4.78, 5) is 13.9. The molecule has 2 aromatic rings. The zero-order valence-electron chi connectivity index (χ0n) is 9.63. The van der Waals surface area contributed by atoms with E-state index < -0.39 is 0 Å². The van der Waals surface area contributed by atoms with Crippen LogP contribution < -0.4 is 0 Å². The number of carbonyl (C=O) groups is 1. The fourth-order valence-electron chi connectivity index (χ4n) is 2.30. The zero-order chi connectivity index (χ0) is 12.0. The van der Waals surface area contributed by atoms with Gasteiger partial charge in [0.15, 0.2) is 0 Å². The maximum Gasteiger partial charge on any atom is 0.256 e. The number of carbonyl (C=O) groups excluding carboxylic acids is 1. The number of benzene rings is 1. The number of aliphatic hydroxyl groups is 1. The number of rotatable bonds is 1. The van der Waals surface area contributed by atoms with Gasteiger partial charge in [0.25, 0.3) is 5.91 Å². The Bertz CT molecular complexity index is 582. The number of nitrogens with zero attached hydrogens (tertiary/aromatic N) is 2. The van der Waals surface area contributed by atoms with Gasteiger partial charge in [-0.2, -0.15) is 0 Å². The summed E-state index contributed by atoms with van der Waals surface area (Å²) in [6, 6.07) is 7.85. The van der Waals surface area contributed by atoms with Crippen LogP contribution in [0.2, 0.25) is 0 Å². The Morgan fingerprint density at radius 1 is 1.35 bits per heavy atom. The zero-order valence-corrected chi connectivity index (χ0v) is 9.63. The molecule has 1 aromatic carbocycles. The number of aromatic nitrogens is 1. The molecule has 1 fully saturated rings. The molecule has 1 aliphatic rings. The van der Waals surface area contributed by atoms with Crippen molar-refractivity contribution >= 4 is 16.8 Å². The summed E-state index contributed by atoms with van der Waals surface area (Å²) in [5.74, 6) is 0.00657. The maximum atomic E-state index is 12.2. The predicted octanol–water partition coefficient (Wildman–Crippen LogP) is 0.995. The Morgan fingerprint density at radius 2 is 2.06 bits per heavy atom. The molecular weight excluding hydrogens is 216 g/mol. The summed E-state index contributed by atoms with van der Waals surface area (Å²) in [7, 11) is 1.93. The molecule has 2 heterocycles. The summed E-state index contributed by atoms with van der Waals surface area (Å²) in [6.07, 6.45) is 1.51. The van der Waals surface area contributed by atoms with Crippen molar-refractivity contribution in [1.82, 2.24) is 9.47 Å². The van der Waals surface area contributed by atoms with E-state index in [2.05, 4.69) is 0 Å². The summed E-state index contributed by atoms with van der Waals surface area (Å²) in [6.45, 7) is 0.893. The summed E-state index contributed by atoms with van der Waals surface area (Å²) in [5, 5.41) is 10.2. The van der Waals surface area contributed by atoms with E-state index in [0.717, 1.165) is 16.5 Å². The van der Waals surface area contributed by atoms with E-state index >= 15 is 0 Å². The van der Waals surface area contributed by atoms with Gasteiger partial charge in [-0.3, -0.25) is 4.79 Å². The maximum absolute atomic E-state index is 12.2. The third-order valence-electron chi connectivity index (χ3n) is 3.28. The minimum atomic E-state index is -0.353. The first-order valence-corrected chi connectivity index (χ1v) is 5.68. The predicted molar refractivity (Wildman–Crippen MR) is 64.8 cm³/mol. The fourth-order valence-corrected chi connectivity index (χ4v) is 2.30. The van der Waals surface area contributed by atoms with E-state index in [1.807, 2.05) is 42.1 Å². The molecule has 17 heavy (non-hydrogen) atoms. The summed E-state index contributed by atoms with van der Waals surface area (Å²) >= 11 is 0. The lowest BCUT2D eigenvalue weighted by Crippen LogP contribution is -2.53. The molecule has 4 heteroatoms. The molecule has 88 valence electrons. The highest BCUT2D eigenvalue weighted by atomic mass is 16.3. The van der Waals surface area contributed by atoms with E-state index in [-0.39, 0.29) is 12.0 Å². The van der Waals surface area contributed by atoms with E-state index in [9.17, 15) is 9.90 Å². The van der Waals surface area contributed by atoms with Gasteiger partial charge in [-0.05, 0) is 6.07 Å². The van der Waals surface area contributed by atoms with E-state index in [0.29, 0.717) is 13.1 Å². The van der Waals surface area contributed by atoms with E-state index in [4.69, 9.17) is 0 Å². The number of hydrogen-bond acceptors (Lipinski definition) is 2. The van der Waals surface area contributed by atoms with Gasteiger partial charge in [-0.15, -0.1) is 0 Å². The molecule has 0 saturated carbocycles. The van der Waals surface area contributed by atoms with Gasteiger partial charge >= 0.3 is 0 Å². The number of β-amino-alcohol motifs (C(OH)–C–C–N with tert-alkyl or cyclic N) is 1. The first kappa shape index (κ1) is 10.4. The highest BCUT2D eigenvalue weighted by molar-refractivity contribution is 6.07. The molecule has 4 nitrogen and oxygen atoms in total. The topological polar surface area (TPSA) is 45.5 Å². The number of hydrogen-bond donors (Lipinski definition) is 1. The lowest BCUT2D eigenvalue weighted by molar-refractivity contribution is 0.00602. The third kappa shape index (κ3) is 1.52. The Labute approximate surface area is 99.1 Å². The number of fused-ring (bicyclic) bond motifs is 1. The van der Waals surface area contributed by atoms with Crippen LogP contribution in [0.15, 0.2) is 30.5 Å². The van der Waals surface area contributed by atoms with Crippen LogP contribution in [0.25, 0.3) is 10.9 Å². The van der Waals surface area contributed by atoms with Crippen LogP contribution in [0, 0.1) is 0 Å². The number of aryl methyl sites for hydroxylation is 1. The fraction of sp³-hybridized carbons (Fsp3) is 0.308. The van der Waals surface area contributed by atoms with Gasteiger partial charge in [0, 0.05) is 37.2 Å². The average molecular weight is 230 g/mol. The number of likely N-dealkylation sites (tertiary alicyclic amines) is 1. The molecule has 1 saturated heterocycles. The number of amides is 1. The van der Waals surface area contributed by atoms with Gasteiger partial charge in [0.2, 0.25) is 0 Å². The minimum absolute atomic E-state index is 0.00657.